The Balaban J connectivity index is 1.19. The fourth-order valence-corrected chi connectivity index (χ4v) is 7.46. The average Bonchev–Trinajstić information content (AvgIpc) is 3.43. The fraction of sp³-hybridized carbons (Fsp3) is 0.429. The zero-order valence-electron chi connectivity index (χ0n) is 21.7. The van der Waals surface area contributed by atoms with E-state index in [0.29, 0.717) is 45.6 Å². The third kappa shape index (κ3) is 6.84. The Morgan fingerprint density at radius 2 is 1.08 bits per heavy atom. The predicted octanol–water partition coefficient (Wildman–Crippen LogP) is 7.74. The van der Waals surface area contributed by atoms with E-state index in [4.69, 9.17) is 23.2 Å². The maximum Gasteiger partial charge on any atom is 0.248 e. The summed E-state index contributed by atoms with van der Waals surface area (Å²) in [6, 6.07) is 11.6. The molecule has 0 aliphatic rings. The molecule has 0 atom stereocenters. The SMILES string of the molecule is CCn1c(=NC(=O)CCCCCCCCC(=O)N=c2sc3cccc(Cl)c3n2CC)sc2cccc(Cl)c21. The lowest BCUT2D eigenvalue weighted by Crippen LogP contribution is -2.16. The van der Waals surface area contributed by atoms with Crippen LogP contribution in [-0.4, -0.2) is 20.9 Å². The van der Waals surface area contributed by atoms with Crippen LogP contribution in [0.25, 0.3) is 20.4 Å². The number of para-hydroxylation sites is 2. The zero-order chi connectivity index (χ0) is 27.1. The number of carbonyl (C=O) groups excluding carboxylic acids is 2. The van der Waals surface area contributed by atoms with Crippen LogP contribution in [0.3, 0.4) is 0 Å². The molecule has 0 N–H and O–H groups in total. The summed E-state index contributed by atoms with van der Waals surface area (Å²) in [6.07, 6.45) is 6.56. The summed E-state index contributed by atoms with van der Waals surface area (Å²) >= 11 is 15.7. The Hall–Kier alpha value is -2.26. The van der Waals surface area contributed by atoms with E-state index in [1.807, 2.05) is 59.4 Å². The van der Waals surface area contributed by atoms with Crippen molar-refractivity contribution in [3.05, 3.63) is 56.0 Å². The van der Waals surface area contributed by atoms with Gasteiger partial charge in [-0.15, -0.1) is 0 Å². The Labute approximate surface area is 240 Å². The third-order valence-electron chi connectivity index (χ3n) is 6.41. The summed E-state index contributed by atoms with van der Waals surface area (Å²) < 4.78 is 6.08. The molecule has 0 saturated carbocycles. The first-order chi connectivity index (χ1) is 18.4. The van der Waals surface area contributed by atoms with Crippen molar-refractivity contribution >= 4 is 78.1 Å². The molecule has 2 aromatic heterocycles. The molecule has 10 heteroatoms. The number of hydrogen-bond donors (Lipinski definition) is 0. The van der Waals surface area contributed by atoms with E-state index >= 15 is 0 Å². The molecule has 4 aromatic rings. The predicted molar refractivity (Wildman–Crippen MR) is 159 cm³/mol. The number of rotatable bonds is 11. The van der Waals surface area contributed by atoms with Gasteiger partial charge in [0.25, 0.3) is 0 Å². The number of halogens is 2. The topological polar surface area (TPSA) is 68.7 Å². The molecular formula is C28H32Cl2N4O2S2. The molecular weight excluding hydrogens is 559 g/mol. The molecule has 0 radical (unpaired) electrons. The van der Waals surface area contributed by atoms with Gasteiger partial charge in [0.05, 0.1) is 30.5 Å². The number of unbranched alkanes of at least 4 members (excludes halogenated alkanes) is 5. The molecule has 0 spiro atoms. The van der Waals surface area contributed by atoms with Gasteiger partial charge in [-0.05, 0) is 51.0 Å². The van der Waals surface area contributed by atoms with Crippen LogP contribution >= 0.6 is 45.9 Å². The summed E-state index contributed by atoms with van der Waals surface area (Å²) in [6.45, 7) is 5.48. The molecule has 0 unspecified atom stereocenters. The zero-order valence-corrected chi connectivity index (χ0v) is 24.9. The number of hydrogen-bond acceptors (Lipinski definition) is 4. The number of carbonyl (C=O) groups is 2. The first-order valence-electron chi connectivity index (χ1n) is 13.1. The van der Waals surface area contributed by atoms with Crippen molar-refractivity contribution in [3.8, 4) is 0 Å². The van der Waals surface area contributed by atoms with Gasteiger partial charge in [0.2, 0.25) is 11.8 Å². The van der Waals surface area contributed by atoms with Gasteiger partial charge in [0.1, 0.15) is 0 Å². The monoisotopic (exact) mass is 590 g/mol. The quantitative estimate of drug-likeness (QED) is 0.168. The number of amides is 2. The van der Waals surface area contributed by atoms with E-state index in [0.717, 1.165) is 59.0 Å². The lowest BCUT2D eigenvalue weighted by molar-refractivity contribution is -0.119. The summed E-state index contributed by atoms with van der Waals surface area (Å²) in [7, 11) is 0. The van der Waals surface area contributed by atoms with E-state index in [2.05, 4.69) is 9.98 Å². The maximum absolute atomic E-state index is 12.5. The Morgan fingerprint density at radius 3 is 1.47 bits per heavy atom. The van der Waals surface area contributed by atoms with E-state index in [1.165, 1.54) is 22.7 Å². The van der Waals surface area contributed by atoms with Crippen LogP contribution < -0.4 is 9.60 Å². The van der Waals surface area contributed by atoms with Gasteiger partial charge >= 0.3 is 0 Å². The van der Waals surface area contributed by atoms with Crippen LogP contribution in [0.15, 0.2) is 46.4 Å². The van der Waals surface area contributed by atoms with Crippen molar-refractivity contribution in [1.29, 1.82) is 0 Å². The lowest BCUT2D eigenvalue weighted by atomic mass is 10.1. The normalized spacial score (nSPS) is 12.7. The Bertz CT molecular complexity index is 1460. The van der Waals surface area contributed by atoms with Crippen LogP contribution in [-0.2, 0) is 22.7 Å². The highest BCUT2D eigenvalue weighted by molar-refractivity contribution is 7.16. The number of aryl methyl sites for hydroxylation is 2. The van der Waals surface area contributed by atoms with Crippen LogP contribution in [0.1, 0.15) is 65.2 Å². The van der Waals surface area contributed by atoms with Gasteiger partial charge in [-0.25, -0.2) is 0 Å². The fourth-order valence-electron chi connectivity index (χ4n) is 4.52. The molecule has 2 amide bonds. The van der Waals surface area contributed by atoms with Crippen molar-refractivity contribution in [2.45, 2.75) is 78.3 Å². The second kappa shape index (κ2) is 13.7. The number of benzene rings is 2. The summed E-state index contributed by atoms with van der Waals surface area (Å²) in [5.74, 6) is -0.178. The molecule has 6 nitrogen and oxygen atoms in total. The molecule has 0 fully saturated rings. The average molecular weight is 592 g/mol. The maximum atomic E-state index is 12.5. The van der Waals surface area contributed by atoms with Gasteiger partial charge in [-0.3, -0.25) is 9.59 Å². The van der Waals surface area contributed by atoms with Crippen LogP contribution in [0.2, 0.25) is 10.0 Å². The standard InChI is InChI=1S/C28H32Cl2N4O2S2/c1-3-33-25-19(29)13-11-15-21(25)37-27(33)31-23(35)17-9-7-5-6-8-10-18-24(36)32-28-34(4-2)26-20(30)14-12-16-22(26)38-28/h11-16H,3-10,17-18H2,1-2H3. The number of fused-ring (bicyclic) bond motifs is 2. The Kier molecular flexibility index (Phi) is 10.4. The Morgan fingerprint density at radius 1 is 0.684 bits per heavy atom. The van der Waals surface area contributed by atoms with Crippen molar-refractivity contribution < 1.29 is 9.59 Å². The largest absolute Gasteiger partial charge is 0.315 e. The lowest BCUT2D eigenvalue weighted by Gasteiger charge is -2.02. The van der Waals surface area contributed by atoms with Crippen molar-refractivity contribution in [1.82, 2.24) is 9.13 Å². The number of nitrogens with zero attached hydrogens (tertiary/aromatic N) is 4. The molecule has 0 aliphatic carbocycles. The molecule has 2 heterocycles. The van der Waals surface area contributed by atoms with Crippen LogP contribution in [0.5, 0.6) is 0 Å². The van der Waals surface area contributed by atoms with E-state index < -0.39 is 0 Å². The molecule has 0 bridgehead atoms. The van der Waals surface area contributed by atoms with Gasteiger partial charge in [-0.1, -0.05) is 83.7 Å². The summed E-state index contributed by atoms with van der Waals surface area (Å²) in [4.78, 5) is 35.1. The molecule has 2 aromatic carbocycles. The second-order valence-electron chi connectivity index (χ2n) is 9.06. The van der Waals surface area contributed by atoms with Crippen LogP contribution in [0.4, 0.5) is 0 Å². The van der Waals surface area contributed by atoms with E-state index in [1.54, 1.807) is 0 Å². The molecule has 4 rings (SSSR count). The highest BCUT2D eigenvalue weighted by Gasteiger charge is 2.11. The van der Waals surface area contributed by atoms with Gasteiger partial charge in [0.15, 0.2) is 9.60 Å². The minimum atomic E-state index is -0.0890. The van der Waals surface area contributed by atoms with E-state index in [9.17, 15) is 9.59 Å². The molecule has 0 saturated heterocycles. The molecule has 38 heavy (non-hydrogen) atoms. The minimum Gasteiger partial charge on any atom is -0.315 e. The first kappa shape index (κ1) is 28.7. The number of aromatic nitrogens is 2. The van der Waals surface area contributed by atoms with Crippen molar-refractivity contribution in [2.24, 2.45) is 9.98 Å². The highest BCUT2D eigenvalue weighted by Crippen LogP contribution is 2.26. The van der Waals surface area contributed by atoms with E-state index in [-0.39, 0.29) is 11.8 Å². The van der Waals surface area contributed by atoms with Crippen molar-refractivity contribution in [2.75, 3.05) is 0 Å². The molecule has 0 aliphatic heterocycles. The van der Waals surface area contributed by atoms with Gasteiger partial charge in [-0.2, -0.15) is 9.98 Å². The minimum absolute atomic E-state index is 0.0890. The van der Waals surface area contributed by atoms with Gasteiger partial charge in [0, 0.05) is 25.9 Å². The van der Waals surface area contributed by atoms with Gasteiger partial charge < -0.3 is 9.13 Å². The van der Waals surface area contributed by atoms with Crippen molar-refractivity contribution in [3.63, 3.8) is 0 Å². The third-order valence-corrected chi connectivity index (χ3v) is 9.11. The highest BCUT2D eigenvalue weighted by atomic mass is 35.5. The van der Waals surface area contributed by atoms with Crippen LogP contribution in [0, 0.1) is 0 Å². The molecule has 202 valence electrons. The summed E-state index contributed by atoms with van der Waals surface area (Å²) in [5, 5.41) is 1.36. The second-order valence-corrected chi connectivity index (χ2v) is 11.9. The number of thiazole rings is 2. The summed E-state index contributed by atoms with van der Waals surface area (Å²) in [5.41, 5.74) is 1.88. The first-order valence-corrected chi connectivity index (χ1v) is 15.5. The smallest absolute Gasteiger partial charge is 0.248 e.